The van der Waals surface area contributed by atoms with Gasteiger partial charge in [0, 0.05) is 5.02 Å². The smallest absolute Gasteiger partial charge is 0.148 e. The molecule has 0 aliphatic carbocycles. The topological polar surface area (TPSA) is 40.2 Å². The Bertz CT molecular complexity index is 1260. The van der Waals surface area contributed by atoms with E-state index in [2.05, 4.69) is 22.8 Å². The van der Waals surface area contributed by atoms with Crippen molar-refractivity contribution >= 4 is 33.4 Å². The first-order valence-electron chi connectivity index (χ1n) is 9.05. The predicted molar refractivity (Wildman–Crippen MR) is 111 cm³/mol. The van der Waals surface area contributed by atoms with E-state index in [0.717, 1.165) is 33.8 Å². The molecule has 4 nitrogen and oxygen atoms in total. The Balaban J connectivity index is 1.48. The monoisotopic (exact) mass is 388 g/mol. The maximum absolute atomic E-state index is 6.15. The summed E-state index contributed by atoms with van der Waals surface area (Å²) in [6.45, 7) is 0.937. The quantitative estimate of drug-likeness (QED) is 0.367. The third-order valence-electron chi connectivity index (χ3n) is 4.77. The molecule has 0 radical (unpaired) electrons. The van der Waals surface area contributed by atoms with Gasteiger partial charge in [0.25, 0.3) is 0 Å². The molecular weight excluding hydrogens is 372 g/mol. The molecule has 0 fully saturated rings. The molecule has 0 aliphatic rings. The van der Waals surface area contributed by atoms with Crippen molar-refractivity contribution < 1.29 is 9.15 Å². The third kappa shape index (κ3) is 3.23. The lowest BCUT2D eigenvalue weighted by molar-refractivity contribution is 0.290. The lowest BCUT2D eigenvalue weighted by Gasteiger charge is -2.10. The number of benzene rings is 3. The number of furan rings is 1. The molecule has 0 amide bonds. The van der Waals surface area contributed by atoms with Crippen molar-refractivity contribution in [2.24, 2.45) is 0 Å². The lowest BCUT2D eigenvalue weighted by atomic mass is 10.1. The molecule has 138 valence electrons. The fourth-order valence-corrected chi connectivity index (χ4v) is 3.57. The molecule has 0 spiro atoms. The average molecular weight is 389 g/mol. The molecule has 3 aromatic carbocycles. The minimum absolute atomic E-state index is 0.353. The van der Waals surface area contributed by atoms with Crippen LogP contribution in [0.5, 0.6) is 5.75 Å². The molecule has 2 heterocycles. The van der Waals surface area contributed by atoms with E-state index in [-0.39, 0.29) is 0 Å². The van der Waals surface area contributed by atoms with Crippen LogP contribution in [0, 0.1) is 0 Å². The third-order valence-corrected chi connectivity index (χ3v) is 5.01. The normalized spacial score (nSPS) is 11.3. The second kappa shape index (κ2) is 7.06. The van der Waals surface area contributed by atoms with Gasteiger partial charge in [-0.25, -0.2) is 4.98 Å². The van der Waals surface area contributed by atoms with Crippen LogP contribution in [0.2, 0.25) is 5.02 Å². The summed E-state index contributed by atoms with van der Waals surface area (Å²) in [6, 6.07) is 23.9. The molecule has 5 aromatic rings. The lowest BCUT2D eigenvalue weighted by Crippen LogP contribution is -2.08. The van der Waals surface area contributed by atoms with Gasteiger partial charge in [-0.3, -0.25) is 0 Å². The molecule has 28 heavy (non-hydrogen) atoms. The van der Waals surface area contributed by atoms with Gasteiger partial charge in [-0.1, -0.05) is 41.9 Å². The van der Waals surface area contributed by atoms with E-state index in [1.807, 2.05) is 54.6 Å². The fourth-order valence-electron chi connectivity index (χ4n) is 3.40. The number of fused-ring (bicyclic) bond motifs is 2. The largest absolute Gasteiger partial charge is 0.486 e. The minimum atomic E-state index is 0.353. The highest BCUT2D eigenvalue weighted by atomic mass is 35.5. The van der Waals surface area contributed by atoms with E-state index in [1.165, 1.54) is 5.39 Å². The first kappa shape index (κ1) is 16.9. The standard InChI is InChI=1S/C23H17ClN2O2/c24-18-8-10-22-21(13-18)25-23(26(22)14-20-6-3-11-27-20)15-28-19-9-7-16-4-1-2-5-17(16)12-19/h1-13H,14-15H2. The Kier molecular flexibility index (Phi) is 4.26. The van der Waals surface area contributed by atoms with Gasteiger partial charge >= 0.3 is 0 Å². The number of ether oxygens (including phenoxy) is 1. The van der Waals surface area contributed by atoms with Gasteiger partial charge in [-0.05, 0) is 53.2 Å². The number of aromatic nitrogens is 2. The summed E-state index contributed by atoms with van der Waals surface area (Å²) in [7, 11) is 0. The number of nitrogens with zero attached hydrogens (tertiary/aromatic N) is 2. The van der Waals surface area contributed by atoms with Gasteiger partial charge in [0.15, 0.2) is 0 Å². The van der Waals surface area contributed by atoms with Crippen molar-refractivity contribution in [3.63, 3.8) is 0 Å². The summed E-state index contributed by atoms with van der Waals surface area (Å²) in [5.41, 5.74) is 1.84. The van der Waals surface area contributed by atoms with Crippen LogP contribution in [-0.2, 0) is 13.2 Å². The van der Waals surface area contributed by atoms with Crippen LogP contribution in [0.3, 0.4) is 0 Å². The Morgan fingerprint density at radius 1 is 0.929 bits per heavy atom. The fraction of sp³-hybridized carbons (Fsp3) is 0.0870. The van der Waals surface area contributed by atoms with Crippen LogP contribution < -0.4 is 4.74 Å². The molecule has 0 N–H and O–H groups in total. The van der Waals surface area contributed by atoms with Crippen LogP contribution >= 0.6 is 11.6 Å². The van der Waals surface area contributed by atoms with Gasteiger partial charge in [0.2, 0.25) is 0 Å². The van der Waals surface area contributed by atoms with Crippen molar-refractivity contribution in [3.8, 4) is 5.75 Å². The van der Waals surface area contributed by atoms with Crippen molar-refractivity contribution in [3.05, 3.63) is 95.7 Å². The summed E-state index contributed by atoms with van der Waals surface area (Å²) in [4.78, 5) is 4.74. The van der Waals surface area contributed by atoms with Gasteiger partial charge in [-0.15, -0.1) is 0 Å². The van der Waals surface area contributed by atoms with E-state index < -0.39 is 0 Å². The molecule has 2 aromatic heterocycles. The molecule has 0 saturated heterocycles. The zero-order chi connectivity index (χ0) is 18.9. The molecule has 0 bridgehead atoms. The van der Waals surface area contributed by atoms with Crippen molar-refractivity contribution in [2.45, 2.75) is 13.2 Å². The molecule has 0 aliphatic heterocycles. The summed E-state index contributed by atoms with van der Waals surface area (Å²) in [5, 5.41) is 3.00. The molecule has 0 atom stereocenters. The second-order valence-electron chi connectivity index (χ2n) is 6.62. The Morgan fingerprint density at radius 2 is 1.82 bits per heavy atom. The van der Waals surface area contributed by atoms with E-state index >= 15 is 0 Å². The Hall–Kier alpha value is -3.24. The second-order valence-corrected chi connectivity index (χ2v) is 7.06. The van der Waals surface area contributed by atoms with Gasteiger partial charge in [0.05, 0.1) is 23.8 Å². The minimum Gasteiger partial charge on any atom is -0.486 e. The predicted octanol–water partition coefficient (Wildman–Crippen LogP) is 6.06. The summed E-state index contributed by atoms with van der Waals surface area (Å²) < 4.78 is 13.7. The number of hydrogen-bond donors (Lipinski definition) is 0. The van der Waals surface area contributed by atoms with Gasteiger partial charge < -0.3 is 13.7 Å². The SMILES string of the molecule is Clc1ccc2c(c1)nc(COc1ccc3ccccc3c1)n2Cc1ccco1. The van der Waals surface area contributed by atoms with Crippen molar-refractivity contribution in [1.29, 1.82) is 0 Å². The molecule has 5 rings (SSSR count). The van der Waals surface area contributed by atoms with Crippen LogP contribution in [0.4, 0.5) is 0 Å². The van der Waals surface area contributed by atoms with Crippen molar-refractivity contribution in [1.82, 2.24) is 9.55 Å². The van der Waals surface area contributed by atoms with Gasteiger partial charge in [-0.2, -0.15) is 0 Å². The molecule has 0 saturated carbocycles. The number of hydrogen-bond acceptors (Lipinski definition) is 3. The highest BCUT2D eigenvalue weighted by Crippen LogP contribution is 2.25. The molecule has 5 heteroatoms. The van der Waals surface area contributed by atoms with Crippen molar-refractivity contribution in [2.75, 3.05) is 0 Å². The molecule has 0 unspecified atom stereocenters. The number of rotatable bonds is 5. The van der Waals surface area contributed by atoms with Gasteiger partial charge in [0.1, 0.15) is 23.9 Å². The molecular formula is C23H17ClN2O2. The van der Waals surface area contributed by atoms with E-state index in [4.69, 9.17) is 25.7 Å². The summed E-state index contributed by atoms with van der Waals surface area (Å²) >= 11 is 6.15. The Morgan fingerprint density at radius 3 is 2.68 bits per heavy atom. The zero-order valence-corrected chi connectivity index (χ0v) is 15.8. The van der Waals surface area contributed by atoms with E-state index in [0.29, 0.717) is 18.2 Å². The highest BCUT2D eigenvalue weighted by molar-refractivity contribution is 6.31. The maximum Gasteiger partial charge on any atom is 0.148 e. The zero-order valence-electron chi connectivity index (χ0n) is 15.0. The highest BCUT2D eigenvalue weighted by Gasteiger charge is 2.13. The first-order valence-corrected chi connectivity index (χ1v) is 9.43. The van der Waals surface area contributed by atoms with Crippen LogP contribution in [-0.4, -0.2) is 9.55 Å². The van der Waals surface area contributed by atoms with E-state index in [9.17, 15) is 0 Å². The van der Waals surface area contributed by atoms with Crippen LogP contribution in [0.25, 0.3) is 21.8 Å². The van der Waals surface area contributed by atoms with E-state index in [1.54, 1.807) is 6.26 Å². The summed E-state index contributed by atoms with van der Waals surface area (Å²) in [6.07, 6.45) is 1.68. The number of imidazole rings is 1. The average Bonchev–Trinajstić information content (AvgIpc) is 3.34. The van der Waals surface area contributed by atoms with Crippen LogP contribution in [0.1, 0.15) is 11.6 Å². The summed E-state index contributed by atoms with van der Waals surface area (Å²) in [5.74, 6) is 2.50. The van der Waals surface area contributed by atoms with Crippen LogP contribution in [0.15, 0.2) is 83.5 Å². The maximum atomic E-state index is 6.15. The first-order chi connectivity index (χ1) is 13.8. The Labute approximate surface area is 166 Å². The number of halogens is 1.